The van der Waals surface area contributed by atoms with Crippen molar-refractivity contribution in [3.8, 4) is 0 Å². The molecule has 2 rings (SSSR count). The molecule has 19 heavy (non-hydrogen) atoms. The van der Waals surface area contributed by atoms with Gasteiger partial charge in [0, 0.05) is 19.1 Å². The lowest BCUT2D eigenvalue weighted by molar-refractivity contribution is 0.156. The Morgan fingerprint density at radius 1 is 1.00 bits per heavy atom. The van der Waals surface area contributed by atoms with Gasteiger partial charge in [0.2, 0.25) is 0 Å². The maximum Gasteiger partial charge on any atom is 0.317 e. The molecule has 0 aliphatic heterocycles. The van der Waals surface area contributed by atoms with Gasteiger partial charge in [0.25, 0.3) is 0 Å². The van der Waals surface area contributed by atoms with Crippen molar-refractivity contribution in [3.05, 3.63) is 0 Å². The summed E-state index contributed by atoms with van der Waals surface area (Å²) in [7, 11) is 1.98. The van der Waals surface area contributed by atoms with Gasteiger partial charge in [-0.1, -0.05) is 45.4 Å². The summed E-state index contributed by atoms with van der Waals surface area (Å²) in [6.07, 6.45) is 12.5. The lowest BCUT2D eigenvalue weighted by Gasteiger charge is -2.35. The molecule has 0 aromatic carbocycles. The van der Waals surface area contributed by atoms with Crippen LogP contribution >= 0.6 is 0 Å². The predicted octanol–water partition coefficient (Wildman–Crippen LogP) is 3.93. The van der Waals surface area contributed by atoms with Gasteiger partial charge in [0.05, 0.1) is 0 Å². The summed E-state index contributed by atoms with van der Waals surface area (Å²) >= 11 is 0. The van der Waals surface area contributed by atoms with Crippen LogP contribution in [0.5, 0.6) is 0 Å². The summed E-state index contributed by atoms with van der Waals surface area (Å²) in [5.41, 5.74) is 0. The number of rotatable bonds is 2. The van der Waals surface area contributed by atoms with E-state index >= 15 is 0 Å². The Morgan fingerprint density at radius 2 is 1.68 bits per heavy atom. The SMILES string of the molecule is CC1CCCC(N(C)C(=O)NC2CCCCCC2)C1. The van der Waals surface area contributed by atoms with Gasteiger partial charge in [-0.2, -0.15) is 0 Å². The molecule has 3 nitrogen and oxygen atoms in total. The second kappa shape index (κ2) is 7.16. The van der Waals surface area contributed by atoms with E-state index in [1.54, 1.807) is 0 Å². The van der Waals surface area contributed by atoms with Crippen LogP contribution in [-0.4, -0.2) is 30.1 Å². The minimum absolute atomic E-state index is 0.158. The summed E-state index contributed by atoms with van der Waals surface area (Å²) in [6, 6.07) is 1.03. The number of hydrogen-bond donors (Lipinski definition) is 1. The topological polar surface area (TPSA) is 32.3 Å². The first-order chi connectivity index (χ1) is 9.16. The van der Waals surface area contributed by atoms with Crippen LogP contribution in [0.2, 0.25) is 0 Å². The van der Waals surface area contributed by atoms with Gasteiger partial charge < -0.3 is 10.2 Å². The number of urea groups is 1. The van der Waals surface area contributed by atoms with E-state index in [4.69, 9.17) is 0 Å². The van der Waals surface area contributed by atoms with Gasteiger partial charge in [0.1, 0.15) is 0 Å². The maximum absolute atomic E-state index is 12.3. The fraction of sp³-hybridized carbons (Fsp3) is 0.938. The molecule has 0 saturated heterocycles. The molecule has 2 unspecified atom stereocenters. The number of carbonyl (C=O) groups is 1. The maximum atomic E-state index is 12.3. The molecule has 0 spiro atoms. The summed E-state index contributed by atoms with van der Waals surface area (Å²) in [4.78, 5) is 14.3. The van der Waals surface area contributed by atoms with Crippen molar-refractivity contribution in [2.75, 3.05) is 7.05 Å². The van der Waals surface area contributed by atoms with Crippen molar-refractivity contribution in [1.29, 1.82) is 0 Å². The standard InChI is InChI=1S/C16H30N2O/c1-13-8-7-11-15(12-13)18(2)16(19)17-14-9-5-3-4-6-10-14/h13-15H,3-12H2,1-2H3,(H,17,19). The average molecular weight is 266 g/mol. The first kappa shape index (κ1) is 14.7. The molecular weight excluding hydrogens is 236 g/mol. The zero-order valence-corrected chi connectivity index (χ0v) is 12.7. The van der Waals surface area contributed by atoms with Crippen LogP contribution in [0.4, 0.5) is 4.79 Å². The van der Waals surface area contributed by atoms with E-state index in [1.807, 2.05) is 11.9 Å². The van der Waals surface area contributed by atoms with Crippen LogP contribution in [0.25, 0.3) is 0 Å². The molecule has 2 amide bonds. The van der Waals surface area contributed by atoms with E-state index < -0.39 is 0 Å². The van der Waals surface area contributed by atoms with Crippen LogP contribution in [0.15, 0.2) is 0 Å². The first-order valence-electron chi connectivity index (χ1n) is 8.20. The van der Waals surface area contributed by atoms with E-state index in [2.05, 4.69) is 12.2 Å². The van der Waals surface area contributed by atoms with E-state index in [0.29, 0.717) is 12.1 Å². The van der Waals surface area contributed by atoms with Crippen molar-refractivity contribution in [1.82, 2.24) is 10.2 Å². The molecular formula is C16H30N2O. The Labute approximate surface area is 118 Å². The van der Waals surface area contributed by atoms with E-state index in [1.165, 1.54) is 64.2 Å². The van der Waals surface area contributed by atoms with Crippen LogP contribution in [-0.2, 0) is 0 Å². The molecule has 2 atom stereocenters. The number of amides is 2. The zero-order chi connectivity index (χ0) is 13.7. The molecule has 2 aliphatic carbocycles. The van der Waals surface area contributed by atoms with Gasteiger partial charge in [-0.3, -0.25) is 0 Å². The monoisotopic (exact) mass is 266 g/mol. The fourth-order valence-electron chi connectivity index (χ4n) is 3.62. The molecule has 2 aliphatic rings. The zero-order valence-electron chi connectivity index (χ0n) is 12.7. The van der Waals surface area contributed by atoms with Gasteiger partial charge >= 0.3 is 6.03 Å². The van der Waals surface area contributed by atoms with Gasteiger partial charge in [0.15, 0.2) is 0 Å². The molecule has 3 heteroatoms. The normalized spacial score (nSPS) is 29.6. The Morgan fingerprint density at radius 3 is 2.32 bits per heavy atom. The minimum atomic E-state index is 0.158. The lowest BCUT2D eigenvalue weighted by Crippen LogP contribution is -2.48. The van der Waals surface area contributed by atoms with Crippen LogP contribution < -0.4 is 5.32 Å². The summed E-state index contributed by atoms with van der Waals surface area (Å²) in [5.74, 6) is 0.770. The molecule has 0 bridgehead atoms. The summed E-state index contributed by atoms with van der Waals surface area (Å²) in [5, 5.41) is 3.26. The highest BCUT2D eigenvalue weighted by molar-refractivity contribution is 5.74. The average Bonchev–Trinajstić information content (AvgIpc) is 2.66. The molecule has 0 heterocycles. The van der Waals surface area contributed by atoms with Gasteiger partial charge in [-0.25, -0.2) is 4.79 Å². The quantitative estimate of drug-likeness (QED) is 0.755. The van der Waals surface area contributed by atoms with Crippen LogP contribution in [0, 0.1) is 5.92 Å². The third kappa shape index (κ3) is 4.39. The molecule has 0 radical (unpaired) electrons. The highest BCUT2D eigenvalue weighted by Gasteiger charge is 2.26. The van der Waals surface area contributed by atoms with E-state index in [-0.39, 0.29) is 6.03 Å². The highest BCUT2D eigenvalue weighted by atomic mass is 16.2. The Kier molecular flexibility index (Phi) is 5.53. The van der Waals surface area contributed by atoms with E-state index in [9.17, 15) is 4.79 Å². The smallest absolute Gasteiger partial charge is 0.317 e. The number of nitrogens with zero attached hydrogens (tertiary/aromatic N) is 1. The van der Waals surface area contributed by atoms with Gasteiger partial charge in [-0.15, -0.1) is 0 Å². The van der Waals surface area contributed by atoms with Crippen LogP contribution in [0.3, 0.4) is 0 Å². The first-order valence-corrected chi connectivity index (χ1v) is 8.20. The van der Waals surface area contributed by atoms with Crippen molar-refractivity contribution in [2.24, 2.45) is 5.92 Å². The fourth-order valence-corrected chi connectivity index (χ4v) is 3.62. The Bertz CT molecular complexity index is 284. The highest BCUT2D eigenvalue weighted by Crippen LogP contribution is 2.27. The number of nitrogens with one attached hydrogen (secondary N) is 1. The molecule has 110 valence electrons. The largest absolute Gasteiger partial charge is 0.335 e. The number of carbonyl (C=O) groups excluding carboxylic acids is 1. The second-order valence-corrected chi connectivity index (χ2v) is 6.67. The summed E-state index contributed by atoms with van der Waals surface area (Å²) < 4.78 is 0. The lowest BCUT2D eigenvalue weighted by atomic mass is 9.86. The van der Waals surface area contributed by atoms with Gasteiger partial charge in [-0.05, 0) is 31.6 Å². The Hall–Kier alpha value is -0.730. The second-order valence-electron chi connectivity index (χ2n) is 6.67. The van der Waals surface area contributed by atoms with E-state index in [0.717, 1.165) is 5.92 Å². The van der Waals surface area contributed by atoms with Crippen LogP contribution in [0.1, 0.15) is 71.1 Å². The third-order valence-corrected chi connectivity index (χ3v) is 4.96. The van der Waals surface area contributed by atoms with Crippen molar-refractivity contribution in [2.45, 2.75) is 83.2 Å². The minimum Gasteiger partial charge on any atom is -0.335 e. The predicted molar refractivity (Wildman–Crippen MR) is 79.2 cm³/mol. The third-order valence-electron chi connectivity index (χ3n) is 4.96. The summed E-state index contributed by atoms with van der Waals surface area (Å²) in [6.45, 7) is 2.31. The van der Waals surface area contributed by atoms with Crippen molar-refractivity contribution < 1.29 is 4.79 Å². The molecule has 1 N–H and O–H groups in total. The number of hydrogen-bond acceptors (Lipinski definition) is 1. The van der Waals surface area contributed by atoms with Crippen molar-refractivity contribution >= 4 is 6.03 Å². The molecule has 0 aromatic rings. The van der Waals surface area contributed by atoms with Crippen molar-refractivity contribution in [3.63, 3.8) is 0 Å². The molecule has 2 fully saturated rings. The Balaban J connectivity index is 1.80. The molecule has 2 saturated carbocycles. The molecule has 0 aromatic heterocycles.